The number of benzene rings is 1. The fourth-order valence-electron chi connectivity index (χ4n) is 1.49. The summed E-state index contributed by atoms with van der Waals surface area (Å²) in [4.78, 5) is 22.4. The van der Waals surface area contributed by atoms with Crippen molar-refractivity contribution in [2.45, 2.75) is 26.0 Å². The number of rotatable bonds is 6. The molecule has 110 valence electrons. The zero-order valence-electron chi connectivity index (χ0n) is 10.4. The summed E-state index contributed by atoms with van der Waals surface area (Å²) in [7, 11) is 0. The largest absolute Gasteiger partial charge is 0.481 e. The summed E-state index contributed by atoms with van der Waals surface area (Å²) in [5.74, 6) is -2.16. The van der Waals surface area contributed by atoms with E-state index in [4.69, 9.17) is 16.7 Å². The lowest BCUT2D eigenvalue weighted by Crippen LogP contribution is -2.34. The molecule has 0 aliphatic heterocycles. The van der Waals surface area contributed by atoms with Crippen molar-refractivity contribution in [1.82, 2.24) is 5.32 Å². The third kappa shape index (κ3) is 5.00. The zero-order chi connectivity index (χ0) is 15.3. The summed E-state index contributed by atoms with van der Waals surface area (Å²) >= 11 is 5.70. The lowest BCUT2D eigenvalue weighted by Gasteiger charge is -2.14. The maximum absolute atomic E-state index is 12.2. The molecule has 20 heavy (non-hydrogen) atoms. The second-order valence-electron chi connectivity index (χ2n) is 3.99. The van der Waals surface area contributed by atoms with Crippen molar-refractivity contribution in [3.8, 4) is 5.75 Å². The Bertz CT molecular complexity index is 510. The summed E-state index contributed by atoms with van der Waals surface area (Å²) in [6.45, 7) is -1.61. The van der Waals surface area contributed by atoms with Crippen LogP contribution >= 0.6 is 11.6 Å². The van der Waals surface area contributed by atoms with Crippen molar-refractivity contribution in [2.75, 3.05) is 0 Å². The number of ether oxygens (including phenoxy) is 1. The van der Waals surface area contributed by atoms with Gasteiger partial charge < -0.3 is 15.2 Å². The molecule has 0 aliphatic rings. The molecular formula is C12H12ClF2NO4. The SMILES string of the molecule is CC(CC(=O)O)NC(=O)c1cc(Cl)ccc1OC(F)F. The smallest absolute Gasteiger partial charge is 0.387 e. The van der Waals surface area contributed by atoms with Crippen LogP contribution in [0.15, 0.2) is 18.2 Å². The lowest BCUT2D eigenvalue weighted by molar-refractivity contribution is -0.137. The molecule has 0 spiro atoms. The highest BCUT2D eigenvalue weighted by Gasteiger charge is 2.19. The van der Waals surface area contributed by atoms with Crippen LogP contribution in [0, 0.1) is 0 Å². The fraction of sp³-hybridized carbons (Fsp3) is 0.333. The minimum absolute atomic E-state index is 0.169. The number of alkyl halides is 2. The molecule has 0 saturated heterocycles. The molecule has 1 aromatic rings. The van der Waals surface area contributed by atoms with Crippen molar-refractivity contribution in [3.05, 3.63) is 28.8 Å². The van der Waals surface area contributed by atoms with Crippen LogP contribution < -0.4 is 10.1 Å². The minimum atomic E-state index is -3.08. The average molecular weight is 308 g/mol. The summed E-state index contributed by atoms with van der Waals surface area (Å²) in [6, 6.07) is 2.95. The Balaban J connectivity index is 2.90. The highest BCUT2D eigenvalue weighted by atomic mass is 35.5. The predicted molar refractivity (Wildman–Crippen MR) is 67.3 cm³/mol. The van der Waals surface area contributed by atoms with E-state index in [1.54, 1.807) is 0 Å². The van der Waals surface area contributed by atoms with Gasteiger partial charge in [0, 0.05) is 11.1 Å². The number of hydrogen-bond donors (Lipinski definition) is 2. The number of carboxylic acid groups (broad SMARTS) is 1. The number of aliphatic carboxylic acids is 1. The van der Waals surface area contributed by atoms with Gasteiger partial charge >= 0.3 is 12.6 Å². The summed E-state index contributed by atoms with van der Waals surface area (Å²) in [6.07, 6.45) is -0.294. The van der Waals surface area contributed by atoms with E-state index >= 15 is 0 Å². The molecule has 5 nitrogen and oxygen atoms in total. The maximum Gasteiger partial charge on any atom is 0.387 e. The van der Waals surface area contributed by atoms with E-state index < -0.39 is 24.5 Å². The maximum atomic E-state index is 12.2. The second-order valence-corrected chi connectivity index (χ2v) is 4.43. The predicted octanol–water partition coefficient (Wildman–Crippen LogP) is 2.53. The highest BCUT2D eigenvalue weighted by molar-refractivity contribution is 6.31. The van der Waals surface area contributed by atoms with E-state index in [2.05, 4.69) is 10.1 Å². The van der Waals surface area contributed by atoms with E-state index in [1.165, 1.54) is 19.1 Å². The summed E-state index contributed by atoms with van der Waals surface area (Å²) in [5.41, 5.74) is -0.185. The molecule has 1 unspecified atom stereocenters. The van der Waals surface area contributed by atoms with Crippen LogP contribution in [0.1, 0.15) is 23.7 Å². The first-order chi connectivity index (χ1) is 9.29. The lowest BCUT2D eigenvalue weighted by atomic mass is 10.1. The molecule has 8 heteroatoms. The molecule has 0 fully saturated rings. The number of carbonyl (C=O) groups is 2. The van der Waals surface area contributed by atoms with Crippen LogP contribution in [0.25, 0.3) is 0 Å². The minimum Gasteiger partial charge on any atom is -0.481 e. The molecule has 0 aliphatic carbocycles. The Hall–Kier alpha value is -1.89. The van der Waals surface area contributed by atoms with Crippen molar-refractivity contribution >= 4 is 23.5 Å². The first kappa shape index (κ1) is 16.2. The Kier molecular flexibility index (Phi) is 5.69. The first-order valence-corrected chi connectivity index (χ1v) is 5.94. The van der Waals surface area contributed by atoms with Crippen molar-refractivity contribution in [3.63, 3.8) is 0 Å². The molecule has 0 saturated carbocycles. The number of nitrogens with one attached hydrogen (secondary N) is 1. The van der Waals surface area contributed by atoms with E-state index in [0.717, 1.165) is 6.07 Å². The number of carboxylic acids is 1. The molecule has 1 atom stereocenters. The zero-order valence-corrected chi connectivity index (χ0v) is 11.2. The third-order valence-corrected chi connectivity index (χ3v) is 2.50. The Morgan fingerprint density at radius 2 is 2.10 bits per heavy atom. The molecule has 2 N–H and O–H groups in total. The van der Waals surface area contributed by atoms with Crippen LogP contribution in [-0.4, -0.2) is 29.6 Å². The highest BCUT2D eigenvalue weighted by Crippen LogP contribution is 2.24. The van der Waals surface area contributed by atoms with Crippen molar-refractivity contribution in [1.29, 1.82) is 0 Å². The van der Waals surface area contributed by atoms with Crippen molar-refractivity contribution < 1.29 is 28.2 Å². The van der Waals surface area contributed by atoms with E-state index in [0.29, 0.717) is 0 Å². The molecule has 0 bridgehead atoms. The van der Waals surface area contributed by atoms with Gasteiger partial charge in [-0.25, -0.2) is 0 Å². The van der Waals surface area contributed by atoms with Crippen LogP contribution in [0.3, 0.4) is 0 Å². The molecule has 1 aromatic carbocycles. The molecule has 1 amide bonds. The van der Waals surface area contributed by atoms with E-state index in [9.17, 15) is 18.4 Å². The average Bonchev–Trinajstić information content (AvgIpc) is 2.29. The monoisotopic (exact) mass is 307 g/mol. The van der Waals surface area contributed by atoms with Gasteiger partial charge in [0.1, 0.15) is 5.75 Å². The number of halogens is 3. The van der Waals surface area contributed by atoms with Gasteiger partial charge in [-0.2, -0.15) is 8.78 Å². The van der Waals surface area contributed by atoms with Gasteiger partial charge in [-0.1, -0.05) is 11.6 Å². The van der Waals surface area contributed by atoms with E-state index in [-0.39, 0.29) is 22.8 Å². The van der Waals surface area contributed by atoms with Gasteiger partial charge in [-0.3, -0.25) is 9.59 Å². The third-order valence-electron chi connectivity index (χ3n) is 2.26. The van der Waals surface area contributed by atoms with Gasteiger partial charge in [0.15, 0.2) is 0 Å². The quantitative estimate of drug-likeness (QED) is 0.847. The summed E-state index contributed by atoms with van der Waals surface area (Å²) in [5, 5.41) is 11.1. The Labute approximate surface area is 118 Å². The van der Waals surface area contributed by atoms with Crippen LogP contribution in [0.5, 0.6) is 5.75 Å². The standard InChI is InChI=1S/C12H12ClF2NO4/c1-6(4-10(17)18)16-11(19)8-5-7(13)2-3-9(8)20-12(14)15/h2-3,5-6,12H,4H2,1H3,(H,16,19)(H,17,18). The molecule has 0 radical (unpaired) electrons. The fourth-order valence-corrected chi connectivity index (χ4v) is 1.67. The van der Waals surface area contributed by atoms with Crippen LogP contribution in [0.4, 0.5) is 8.78 Å². The molecule has 1 rings (SSSR count). The topological polar surface area (TPSA) is 75.6 Å². The number of carbonyl (C=O) groups excluding carboxylic acids is 1. The van der Waals surface area contributed by atoms with Gasteiger partial charge in [0.05, 0.1) is 12.0 Å². The Morgan fingerprint density at radius 1 is 1.45 bits per heavy atom. The van der Waals surface area contributed by atoms with Crippen LogP contribution in [-0.2, 0) is 4.79 Å². The van der Waals surface area contributed by atoms with Crippen LogP contribution in [0.2, 0.25) is 5.02 Å². The Morgan fingerprint density at radius 3 is 2.65 bits per heavy atom. The molecule has 0 heterocycles. The van der Waals surface area contributed by atoms with E-state index in [1.807, 2.05) is 0 Å². The molecule has 0 aromatic heterocycles. The normalized spacial score (nSPS) is 12.1. The van der Waals surface area contributed by atoms with Gasteiger partial charge in [-0.15, -0.1) is 0 Å². The van der Waals surface area contributed by atoms with Gasteiger partial charge in [-0.05, 0) is 25.1 Å². The first-order valence-electron chi connectivity index (χ1n) is 5.56. The molecular weight excluding hydrogens is 296 g/mol. The van der Waals surface area contributed by atoms with Gasteiger partial charge in [0.25, 0.3) is 5.91 Å². The second kappa shape index (κ2) is 7.04. The van der Waals surface area contributed by atoms with Crippen molar-refractivity contribution in [2.24, 2.45) is 0 Å². The number of hydrogen-bond acceptors (Lipinski definition) is 3. The number of amides is 1. The van der Waals surface area contributed by atoms with Gasteiger partial charge in [0.2, 0.25) is 0 Å². The summed E-state index contributed by atoms with van der Waals surface area (Å²) < 4.78 is 28.7.